The first-order valence-corrected chi connectivity index (χ1v) is 8.58. The number of imide groups is 1. The first-order valence-electron chi connectivity index (χ1n) is 8.58. The maximum Gasteiger partial charge on any atom is 0.414 e. The van der Waals surface area contributed by atoms with Crippen LogP contribution in [0, 0.1) is 12.3 Å². The minimum absolute atomic E-state index is 0.0417. The third-order valence-corrected chi connectivity index (χ3v) is 5.04. The van der Waals surface area contributed by atoms with Crippen LogP contribution in [-0.2, 0) is 4.74 Å². The molecular formula is C19H21N2O4+. The van der Waals surface area contributed by atoms with E-state index in [0.29, 0.717) is 11.1 Å². The van der Waals surface area contributed by atoms with Crippen molar-refractivity contribution in [2.24, 2.45) is 5.92 Å². The number of hydrogen-bond donors (Lipinski definition) is 0. The van der Waals surface area contributed by atoms with Gasteiger partial charge >= 0.3 is 6.09 Å². The van der Waals surface area contributed by atoms with Gasteiger partial charge in [-0.2, -0.15) is 0 Å². The molecule has 2 bridgehead atoms. The molecule has 25 heavy (non-hydrogen) atoms. The second-order valence-electron chi connectivity index (χ2n) is 7.88. The monoisotopic (exact) mass is 341 g/mol. The molecule has 5 rings (SSSR count). The molecule has 0 radical (unpaired) electrons. The Morgan fingerprint density at radius 2 is 1.76 bits per heavy atom. The lowest BCUT2D eigenvalue weighted by Gasteiger charge is -2.28. The summed E-state index contributed by atoms with van der Waals surface area (Å²) in [5, 5.41) is 0. The maximum atomic E-state index is 12.6. The average Bonchev–Trinajstić information content (AvgIpc) is 3.10. The van der Waals surface area contributed by atoms with E-state index in [9.17, 15) is 14.4 Å². The smallest absolute Gasteiger partial charge is 0.414 e. The van der Waals surface area contributed by atoms with Crippen molar-refractivity contribution in [3.8, 4) is 0 Å². The molecule has 3 atom stereocenters. The van der Waals surface area contributed by atoms with E-state index in [1.165, 1.54) is 4.90 Å². The summed E-state index contributed by atoms with van der Waals surface area (Å²) >= 11 is 0. The third-order valence-electron chi connectivity index (χ3n) is 5.04. The summed E-state index contributed by atoms with van der Waals surface area (Å²) < 4.78 is 5.51. The number of ether oxygens (including phenoxy) is 1. The zero-order chi connectivity index (χ0) is 17.9. The molecule has 1 saturated carbocycles. The Kier molecular flexibility index (Phi) is 3.36. The van der Waals surface area contributed by atoms with Crippen molar-refractivity contribution in [3.63, 3.8) is 0 Å². The summed E-state index contributed by atoms with van der Waals surface area (Å²) in [6.07, 6.45) is 2.59. The number of rotatable bonds is 2. The van der Waals surface area contributed by atoms with Crippen molar-refractivity contribution in [2.45, 2.75) is 44.9 Å². The summed E-state index contributed by atoms with van der Waals surface area (Å²) in [4.78, 5) is 40.7. The van der Waals surface area contributed by atoms with Crippen LogP contribution in [0.3, 0.4) is 0 Å². The first kappa shape index (κ1) is 16.0. The minimum Gasteiger partial charge on any atom is -0.444 e. The molecule has 3 aliphatic heterocycles. The van der Waals surface area contributed by atoms with E-state index in [2.05, 4.69) is 6.42 Å². The predicted octanol–water partition coefficient (Wildman–Crippen LogP) is 2.49. The molecule has 130 valence electrons. The number of carbonyl (C=O) groups is 3. The van der Waals surface area contributed by atoms with E-state index >= 15 is 0 Å². The van der Waals surface area contributed by atoms with Crippen molar-refractivity contribution in [2.75, 3.05) is 6.54 Å². The van der Waals surface area contributed by atoms with Crippen LogP contribution < -0.4 is 0 Å². The molecule has 3 amide bonds. The van der Waals surface area contributed by atoms with E-state index in [1.807, 2.05) is 20.8 Å². The van der Waals surface area contributed by atoms with Crippen LogP contribution in [0.4, 0.5) is 4.79 Å². The van der Waals surface area contributed by atoms with Crippen LogP contribution in [0.15, 0.2) is 24.3 Å². The topological polar surface area (TPSA) is 66.9 Å². The van der Waals surface area contributed by atoms with Gasteiger partial charge in [0.25, 0.3) is 11.8 Å². The molecule has 1 aromatic rings. The molecule has 6 nitrogen and oxygen atoms in total. The van der Waals surface area contributed by atoms with Crippen LogP contribution in [0.5, 0.6) is 0 Å². The van der Waals surface area contributed by atoms with E-state index < -0.39 is 5.60 Å². The number of benzene rings is 1. The number of fused-ring (bicyclic) bond motifs is 2. The molecule has 0 aromatic heterocycles. The van der Waals surface area contributed by atoms with Gasteiger partial charge in [-0.05, 0) is 32.9 Å². The Morgan fingerprint density at radius 3 is 2.28 bits per heavy atom. The van der Waals surface area contributed by atoms with Crippen LogP contribution in [0.2, 0.25) is 0 Å². The van der Waals surface area contributed by atoms with Crippen molar-refractivity contribution in [1.82, 2.24) is 9.80 Å². The van der Waals surface area contributed by atoms with Crippen molar-refractivity contribution in [3.05, 3.63) is 41.8 Å². The van der Waals surface area contributed by atoms with Gasteiger partial charge in [0.05, 0.1) is 24.1 Å². The van der Waals surface area contributed by atoms with Gasteiger partial charge in [-0.1, -0.05) is 12.1 Å². The van der Waals surface area contributed by atoms with Gasteiger partial charge in [-0.3, -0.25) is 19.4 Å². The van der Waals surface area contributed by atoms with Crippen LogP contribution in [0.1, 0.15) is 47.9 Å². The highest BCUT2D eigenvalue weighted by molar-refractivity contribution is 6.21. The summed E-state index contributed by atoms with van der Waals surface area (Å²) in [5.41, 5.74) is 0.292. The largest absolute Gasteiger partial charge is 0.444 e. The molecule has 0 N–H and O–H groups in total. The zero-order valence-corrected chi connectivity index (χ0v) is 14.6. The fraction of sp³-hybridized carbons (Fsp3) is 0.474. The predicted molar refractivity (Wildman–Crippen MR) is 89.9 cm³/mol. The van der Waals surface area contributed by atoms with Crippen molar-refractivity contribution in [1.29, 1.82) is 0 Å². The number of carbonyl (C=O) groups excluding carboxylic acids is 3. The van der Waals surface area contributed by atoms with E-state index in [-0.39, 0.29) is 42.5 Å². The number of amides is 3. The molecule has 3 heterocycles. The van der Waals surface area contributed by atoms with Gasteiger partial charge in [0, 0.05) is 0 Å². The Bertz CT molecular complexity index is 726. The molecule has 1 aromatic carbocycles. The van der Waals surface area contributed by atoms with E-state index in [4.69, 9.17) is 4.74 Å². The molecule has 1 aliphatic carbocycles. The second-order valence-corrected chi connectivity index (χ2v) is 7.88. The van der Waals surface area contributed by atoms with Crippen LogP contribution >= 0.6 is 0 Å². The summed E-state index contributed by atoms with van der Waals surface area (Å²) in [6.45, 7) is 5.69. The Labute approximate surface area is 146 Å². The van der Waals surface area contributed by atoms with Gasteiger partial charge in [0.15, 0.2) is 6.04 Å². The van der Waals surface area contributed by atoms with Crippen molar-refractivity contribution < 1.29 is 19.1 Å². The highest BCUT2D eigenvalue weighted by Crippen LogP contribution is 2.46. The lowest BCUT2D eigenvalue weighted by Crippen LogP contribution is -2.47. The fourth-order valence-corrected chi connectivity index (χ4v) is 3.87. The van der Waals surface area contributed by atoms with Gasteiger partial charge in [-0.25, -0.2) is 4.79 Å². The SMILES string of the molecule is CC(C)(C)OC(=O)N1C2[CH+]C(C2)[C@@H]1CN1C(=O)c2ccccc2C1=O. The summed E-state index contributed by atoms with van der Waals surface area (Å²) in [6, 6.07) is 6.67. The average molecular weight is 341 g/mol. The van der Waals surface area contributed by atoms with Gasteiger partial charge < -0.3 is 4.74 Å². The quantitative estimate of drug-likeness (QED) is 0.612. The van der Waals surface area contributed by atoms with Crippen LogP contribution in [0.25, 0.3) is 0 Å². The highest BCUT2D eigenvalue weighted by atomic mass is 16.6. The van der Waals surface area contributed by atoms with Crippen LogP contribution in [-0.4, -0.2) is 51.9 Å². The zero-order valence-electron chi connectivity index (χ0n) is 14.6. The molecule has 2 saturated heterocycles. The maximum absolute atomic E-state index is 12.6. The molecule has 3 fully saturated rings. The molecular weight excluding hydrogens is 320 g/mol. The normalized spacial score (nSPS) is 27.1. The molecule has 4 aliphatic rings. The van der Waals surface area contributed by atoms with Gasteiger partial charge in [0.1, 0.15) is 24.0 Å². The first-order chi connectivity index (χ1) is 11.8. The van der Waals surface area contributed by atoms with Crippen molar-refractivity contribution >= 4 is 17.9 Å². The van der Waals surface area contributed by atoms with E-state index in [1.54, 1.807) is 29.2 Å². The number of hydrogen-bond acceptors (Lipinski definition) is 4. The fourth-order valence-electron chi connectivity index (χ4n) is 3.87. The van der Waals surface area contributed by atoms with E-state index in [0.717, 1.165) is 6.42 Å². The summed E-state index contributed by atoms with van der Waals surface area (Å²) in [7, 11) is 0. The summed E-state index contributed by atoms with van der Waals surface area (Å²) in [5.74, 6) is -0.357. The number of nitrogens with zero attached hydrogens (tertiary/aromatic N) is 2. The standard InChI is InChI=1S/C19H21N2O4/c1-19(2,3)25-18(24)21-12-8-11(9-12)15(21)10-20-16(22)13-6-4-5-7-14(13)17(20)23/h4-8,11-12,15H,9-10H2,1-3H3/q+1/t11?,12?,15-/m0/s1. The molecule has 2 unspecified atom stereocenters. The Hall–Kier alpha value is -2.50. The molecule has 0 spiro atoms. The minimum atomic E-state index is -0.579. The second kappa shape index (κ2) is 5.25. The Morgan fingerprint density at radius 1 is 1.20 bits per heavy atom. The lowest BCUT2D eigenvalue weighted by molar-refractivity contribution is 0.0171. The Balaban J connectivity index is 1.54. The van der Waals surface area contributed by atoms with Gasteiger partial charge in [0.2, 0.25) is 0 Å². The third kappa shape index (κ3) is 2.47. The highest BCUT2D eigenvalue weighted by Gasteiger charge is 2.63. The van der Waals surface area contributed by atoms with Gasteiger partial charge in [-0.15, -0.1) is 0 Å². The molecule has 6 heteroatoms. The lowest BCUT2D eigenvalue weighted by atomic mass is 9.83.